The largest absolute Gasteiger partial charge is 0.599 e. The van der Waals surface area contributed by atoms with Gasteiger partial charge in [-0.1, -0.05) is 0 Å². The minimum Gasteiger partial charge on any atom is -0.593 e. The second-order valence-corrected chi connectivity index (χ2v) is 2.12. The molecule has 0 aliphatic carbocycles. The second kappa shape index (κ2) is 2.34. The van der Waals surface area contributed by atoms with Crippen LogP contribution in [0.1, 0.15) is 0 Å². The fraction of sp³-hybridized carbons (Fsp3) is 0.667. The monoisotopic (exact) mass is 135 g/mol. The topological polar surface area (TPSA) is 54.9 Å². The first-order valence-corrected chi connectivity index (χ1v) is 2.94. The summed E-state index contributed by atoms with van der Waals surface area (Å²) >= 11 is 0.814. The molecular formula is C3H5NO3S. The third kappa shape index (κ3) is 1.12. The van der Waals surface area contributed by atoms with Crippen LogP contribution in [0.4, 0.5) is 4.79 Å². The van der Waals surface area contributed by atoms with Crippen LogP contribution in [-0.4, -0.2) is 18.5 Å². The molecule has 0 spiro atoms. The minimum atomic E-state index is -0.531. The first-order valence-electron chi connectivity index (χ1n) is 2.13. The van der Waals surface area contributed by atoms with Gasteiger partial charge >= 0.3 is 5.30 Å². The lowest BCUT2D eigenvalue weighted by atomic mass is 10.7. The Hall–Kier alpha value is -0.260. The molecule has 1 aliphatic heterocycles. The number of hydrogen-bond donors (Lipinski definition) is 1. The molecule has 1 saturated heterocycles. The van der Waals surface area contributed by atoms with Crippen molar-refractivity contribution in [3.63, 3.8) is 0 Å². The molecule has 0 amide bonds. The van der Waals surface area contributed by atoms with Crippen LogP contribution < -0.4 is 9.98 Å². The SMILES string of the molecule is O=C1SNCC[O+]1[O-]. The lowest BCUT2D eigenvalue weighted by Gasteiger charge is -2.27. The number of carbonyl (C=O) groups is 1. The van der Waals surface area contributed by atoms with Crippen molar-refractivity contribution in [1.29, 1.82) is 0 Å². The molecule has 1 aliphatic rings. The number of carbonyl (C=O) groups excluding carboxylic acids is 1. The second-order valence-electron chi connectivity index (χ2n) is 1.30. The molecule has 0 aromatic carbocycles. The Morgan fingerprint density at radius 2 is 2.62 bits per heavy atom. The number of nitrogens with one attached hydrogen (secondary N) is 1. The lowest BCUT2D eigenvalue weighted by molar-refractivity contribution is -0.752. The Morgan fingerprint density at radius 1 is 1.88 bits per heavy atom. The Kier molecular flexibility index (Phi) is 1.72. The third-order valence-corrected chi connectivity index (χ3v) is 1.43. The molecular weight excluding hydrogens is 130 g/mol. The molecule has 0 aromatic rings. The summed E-state index contributed by atoms with van der Waals surface area (Å²) in [5.74, 6) is 0. The summed E-state index contributed by atoms with van der Waals surface area (Å²) in [6.07, 6.45) is 0. The molecule has 4 nitrogen and oxygen atoms in total. The maximum absolute atomic E-state index is 10.3. The van der Waals surface area contributed by atoms with Gasteiger partial charge in [0, 0.05) is 0 Å². The minimum absolute atomic E-state index is 0.186. The van der Waals surface area contributed by atoms with Crippen molar-refractivity contribution >= 4 is 17.2 Å². The highest BCUT2D eigenvalue weighted by molar-refractivity contribution is 8.11. The lowest BCUT2D eigenvalue weighted by Crippen LogP contribution is -2.39. The predicted octanol–water partition coefficient (Wildman–Crippen LogP) is -0.815. The van der Waals surface area contributed by atoms with Crippen molar-refractivity contribution < 1.29 is 14.6 Å². The average molecular weight is 135 g/mol. The molecule has 1 rings (SSSR count). The standard InChI is InChI=1S/C3H5NO3S/c5-3-7(6)2-1-4-8-3/h4H,1-2H2. The number of cyclic esters (lactones) is 1. The molecule has 46 valence electrons. The molecule has 0 radical (unpaired) electrons. The summed E-state index contributed by atoms with van der Waals surface area (Å²) in [4.78, 5) is 10.3. The Bertz CT molecular complexity index is 107. The van der Waals surface area contributed by atoms with Gasteiger partial charge in [-0.3, -0.25) is 0 Å². The number of rotatable bonds is 0. The summed E-state index contributed by atoms with van der Waals surface area (Å²) in [5.41, 5.74) is 0. The van der Waals surface area contributed by atoms with Gasteiger partial charge in [0.1, 0.15) is 18.6 Å². The Balaban J connectivity index is 2.39. The van der Waals surface area contributed by atoms with Crippen LogP contribution in [0, 0.1) is 0 Å². The fourth-order valence-corrected chi connectivity index (χ4v) is 0.854. The van der Waals surface area contributed by atoms with Gasteiger partial charge in [0.2, 0.25) is 0 Å². The molecule has 0 aromatic heterocycles. The summed E-state index contributed by atoms with van der Waals surface area (Å²) in [6, 6.07) is 0. The number of hydrogen-bond acceptors (Lipinski definition) is 4. The van der Waals surface area contributed by atoms with Gasteiger partial charge < -0.3 is 9.78 Å². The van der Waals surface area contributed by atoms with Crippen LogP contribution in [0.2, 0.25) is 0 Å². The van der Waals surface area contributed by atoms with E-state index in [-0.39, 0.29) is 6.61 Å². The average Bonchev–Trinajstić information content (AvgIpc) is 1.77. The maximum Gasteiger partial charge on any atom is 0.599 e. The van der Waals surface area contributed by atoms with Gasteiger partial charge in [-0.2, -0.15) is 0 Å². The van der Waals surface area contributed by atoms with Gasteiger partial charge in [-0.05, 0) is 0 Å². The van der Waals surface area contributed by atoms with Crippen molar-refractivity contribution in [3.8, 4) is 0 Å². The van der Waals surface area contributed by atoms with Gasteiger partial charge in [-0.15, -0.1) is 0 Å². The summed E-state index contributed by atoms with van der Waals surface area (Å²) in [6.45, 7) is 0.733. The van der Waals surface area contributed by atoms with Crippen molar-refractivity contribution in [2.24, 2.45) is 0 Å². The Morgan fingerprint density at radius 3 is 3.00 bits per heavy atom. The van der Waals surface area contributed by atoms with E-state index in [0.29, 0.717) is 6.54 Å². The van der Waals surface area contributed by atoms with E-state index < -0.39 is 5.30 Å². The van der Waals surface area contributed by atoms with Gasteiger partial charge in [0.25, 0.3) is 0 Å². The normalized spacial score (nSPS) is 21.6. The van der Waals surface area contributed by atoms with E-state index >= 15 is 0 Å². The van der Waals surface area contributed by atoms with Crippen molar-refractivity contribution in [3.05, 3.63) is 0 Å². The molecule has 1 N–H and O–H groups in total. The molecule has 1 fully saturated rings. The first-order chi connectivity index (χ1) is 3.80. The summed E-state index contributed by atoms with van der Waals surface area (Å²) in [7, 11) is 0. The zero-order valence-electron chi connectivity index (χ0n) is 4.05. The van der Waals surface area contributed by atoms with Crippen LogP contribution in [0.3, 0.4) is 0 Å². The van der Waals surface area contributed by atoms with E-state index in [1.807, 2.05) is 0 Å². The van der Waals surface area contributed by atoms with Gasteiger partial charge in [-0.25, -0.2) is 4.72 Å². The van der Waals surface area contributed by atoms with Crippen LogP contribution in [-0.2, 0) is 4.52 Å². The van der Waals surface area contributed by atoms with E-state index in [2.05, 4.69) is 4.72 Å². The highest BCUT2D eigenvalue weighted by Gasteiger charge is 2.20. The highest BCUT2D eigenvalue weighted by atomic mass is 32.2. The molecule has 0 saturated carbocycles. The van der Waals surface area contributed by atoms with Crippen LogP contribution >= 0.6 is 11.9 Å². The highest BCUT2D eigenvalue weighted by Crippen LogP contribution is 2.07. The molecule has 0 bridgehead atoms. The maximum atomic E-state index is 10.3. The van der Waals surface area contributed by atoms with E-state index in [4.69, 9.17) is 0 Å². The van der Waals surface area contributed by atoms with Gasteiger partial charge in [0.15, 0.2) is 0 Å². The quantitative estimate of drug-likeness (QED) is 0.204. The fourth-order valence-electron chi connectivity index (χ4n) is 0.374. The third-order valence-electron chi connectivity index (χ3n) is 0.731. The van der Waals surface area contributed by atoms with Gasteiger partial charge in [0.05, 0.1) is 11.3 Å². The van der Waals surface area contributed by atoms with Crippen molar-refractivity contribution in [1.82, 2.24) is 4.72 Å². The zero-order valence-corrected chi connectivity index (χ0v) is 4.86. The van der Waals surface area contributed by atoms with Crippen LogP contribution in [0.5, 0.6) is 0 Å². The van der Waals surface area contributed by atoms with E-state index in [9.17, 15) is 10.1 Å². The molecule has 8 heavy (non-hydrogen) atoms. The van der Waals surface area contributed by atoms with Crippen molar-refractivity contribution in [2.75, 3.05) is 13.2 Å². The molecule has 1 heterocycles. The smallest absolute Gasteiger partial charge is 0.593 e. The Labute approximate surface area is 50.6 Å². The van der Waals surface area contributed by atoms with E-state index in [1.54, 1.807) is 0 Å². The molecule has 0 atom stereocenters. The molecule has 5 heteroatoms. The van der Waals surface area contributed by atoms with E-state index in [1.165, 1.54) is 0 Å². The summed E-state index contributed by atoms with van der Waals surface area (Å²) in [5, 5.41) is 9.69. The summed E-state index contributed by atoms with van der Waals surface area (Å²) < 4.78 is 3.83. The first kappa shape index (κ1) is 5.87. The predicted molar refractivity (Wildman–Crippen MR) is 26.9 cm³/mol. The van der Waals surface area contributed by atoms with Crippen molar-refractivity contribution in [2.45, 2.75) is 0 Å². The van der Waals surface area contributed by atoms with E-state index in [0.717, 1.165) is 16.5 Å². The zero-order chi connectivity index (χ0) is 5.98. The van der Waals surface area contributed by atoms with Crippen LogP contribution in [0.15, 0.2) is 0 Å². The molecule has 0 unspecified atom stereocenters. The van der Waals surface area contributed by atoms with Crippen LogP contribution in [0.25, 0.3) is 0 Å².